The van der Waals surface area contributed by atoms with Gasteiger partial charge in [0.15, 0.2) is 0 Å². The monoisotopic (exact) mass is 363 g/mol. The Bertz CT molecular complexity index is 839. The second-order valence-corrected chi connectivity index (χ2v) is 6.95. The van der Waals surface area contributed by atoms with Gasteiger partial charge in [-0.25, -0.2) is 9.78 Å². The second-order valence-electron chi connectivity index (χ2n) is 5.48. The molecule has 0 bridgehead atoms. The van der Waals surface area contributed by atoms with Crippen molar-refractivity contribution in [3.05, 3.63) is 45.7 Å². The number of ether oxygens (including phenoxy) is 1. The van der Waals surface area contributed by atoms with Crippen LogP contribution in [0.1, 0.15) is 40.8 Å². The average molecular weight is 364 g/mol. The standard InChI is InChI=1S/C17H18ClN3O2S/c1-3-4-9-21-16(18)15(11(2)20-21)17(22)23-10-14-19-12-7-5-6-8-13(12)24-14/h5-8H,3-4,9-10H2,1-2H3. The summed E-state index contributed by atoms with van der Waals surface area (Å²) in [4.78, 5) is 16.8. The predicted octanol–water partition coefficient (Wildman–Crippen LogP) is 4.61. The van der Waals surface area contributed by atoms with Gasteiger partial charge in [-0.1, -0.05) is 37.1 Å². The molecule has 2 heterocycles. The minimum absolute atomic E-state index is 0.133. The molecule has 0 fully saturated rings. The molecule has 7 heteroatoms. The van der Waals surface area contributed by atoms with Gasteiger partial charge in [0.25, 0.3) is 0 Å². The summed E-state index contributed by atoms with van der Waals surface area (Å²) in [6.07, 6.45) is 1.99. The lowest BCUT2D eigenvalue weighted by atomic mass is 10.3. The quantitative estimate of drug-likeness (QED) is 0.600. The van der Waals surface area contributed by atoms with Crippen molar-refractivity contribution >= 4 is 39.1 Å². The largest absolute Gasteiger partial charge is 0.455 e. The van der Waals surface area contributed by atoms with Gasteiger partial charge in [0.05, 0.1) is 15.9 Å². The van der Waals surface area contributed by atoms with Crippen molar-refractivity contribution in [3.63, 3.8) is 0 Å². The number of halogens is 1. The fourth-order valence-corrected chi connectivity index (χ4v) is 3.64. The molecule has 0 saturated heterocycles. The topological polar surface area (TPSA) is 57.0 Å². The van der Waals surface area contributed by atoms with Crippen molar-refractivity contribution in [2.75, 3.05) is 0 Å². The van der Waals surface area contributed by atoms with E-state index >= 15 is 0 Å². The van der Waals surface area contributed by atoms with Crippen molar-refractivity contribution in [2.24, 2.45) is 0 Å². The van der Waals surface area contributed by atoms with Gasteiger partial charge >= 0.3 is 5.97 Å². The third-order valence-corrected chi connectivity index (χ3v) is 5.05. The molecule has 0 aliphatic heterocycles. The maximum Gasteiger partial charge on any atom is 0.343 e. The van der Waals surface area contributed by atoms with Crippen LogP contribution in [0.25, 0.3) is 10.2 Å². The minimum atomic E-state index is -0.459. The zero-order chi connectivity index (χ0) is 17.1. The van der Waals surface area contributed by atoms with E-state index in [2.05, 4.69) is 17.0 Å². The summed E-state index contributed by atoms with van der Waals surface area (Å²) in [6, 6.07) is 7.84. The normalized spacial score (nSPS) is 11.1. The molecule has 2 aromatic heterocycles. The SMILES string of the molecule is CCCCn1nc(C)c(C(=O)OCc2nc3ccccc3s2)c1Cl. The van der Waals surface area contributed by atoms with E-state index in [1.54, 1.807) is 11.6 Å². The van der Waals surface area contributed by atoms with Gasteiger partial charge < -0.3 is 4.74 Å². The molecule has 0 amide bonds. The highest BCUT2D eigenvalue weighted by atomic mass is 35.5. The summed E-state index contributed by atoms with van der Waals surface area (Å²) >= 11 is 7.81. The third kappa shape index (κ3) is 3.44. The van der Waals surface area contributed by atoms with Crippen molar-refractivity contribution < 1.29 is 9.53 Å². The molecule has 24 heavy (non-hydrogen) atoms. The summed E-state index contributed by atoms with van der Waals surface area (Å²) in [5.41, 5.74) is 1.84. The van der Waals surface area contributed by atoms with Crippen LogP contribution in [0.2, 0.25) is 5.15 Å². The van der Waals surface area contributed by atoms with Gasteiger partial charge in [0.1, 0.15) is 22.3 Å². The molecule has 1 aromatic carbocycles. The molecular formula is C17H18ClN3O2S. The van der Waals surface area contributed by atoms with E-state index in [0.29, 0.717) is 23.0 Å². The van der Waals surface area contributed by atoms with E-state index in [1.807, 2.05) is 24.3 Å². The summed E-state index contributed by atoms with van der Waals surface area (Å²) in [5, 5.41) is 5.43. The number of hydrogen-bond acceptors (Lipinski definition) is 5. The first-order valence-electron chi connectivity index (χ1n) is 7.84. The molecule has 0 aliphatic rings. The summed E-state index contributed by atoms with van der Waals surface area (Å²) < 4.78 is 8.13. The summed E-state index contributed by atoms with van der Waals surface area (Å²) in [5.74, 6) is -0.459. The number of thiazole rings is 1. The lowest BCUT2D eigenvalue weighted by molar-refractivity contribution is 0.0472. The number of carbonyl (C=O) groups excluding carboxylic acids is 1. The number of fused-ring (bicyclic) bond motifs is 1. The minimum Gasteiger partial charge on any atom is -0.455 e. The first-order valence-corrected chi connectivity index (χ1v) is 9.04. The van der Waals surface area contributed by atoms with Crippen LogP contribution in [-0.2, 0) is 17.9 Å². The number of aromatic nitrogens is 3. The highest BCUT2D eigenvalue weighted by Crippen LogP contribution is 2.24. The Balaban J connectivity index is 1.71. The molecule has 0 aliphatic carbocycles. The fourth-order valence-electron chi connectivity index (χ4n) is 2.42. The van der Waals surface area contributed by atoms with Crippen LogP contribution in [0.15, 0.2) is 24.3 Å². The molecule has 0 spiro atoms. The molecule has 0 unspecified atom stereocenters. The zero-order valence-electron chi connectivity index (χ0n) is 13.6. The number of hydrogen-bond donors (Lipinski definition) is 0. The molecule has 0 atom stereocenters. The first-order chi connectivity index (χ1) is 11.6. The van der Waals surface area contributed by atoms with E-state index in [1.165, 1.54) is 11.3 Å². The maximum absolute atomic E-state index is 12.4. The number of unbranched alkanes of at least 4 members (excludes halogenated alkanes) is 1. The number of rotatable bonds is 6. The lowest BCUT2D eigenvalue weighted by Gasteiger charge is -2.03. The Kier molecular flexibility index (Phi) is 5.16. The first kappa shape index (κ1) is 16.9. The van der Waals surface area contributed by atoms with Crippen molar-refractivity contribution in [3.8, 4) is 0 Å². The maximum atomic E-state index is 12.4. The summed E-state index contributed by atoms with van der Waals surface area (Å²) in [6.45, 7) is 4.69. The molecular weight excluding hydrogens is 346 g/mol. The molecule has 0 N–H and O–H groups in total. The van der Waals surface area contributed by atoms with Gasteiger partial charge in [0, 0.05) is 6.54 Å². The van der Waals surface area contributed by atoms with Crippen LogP contribution < -0.4 is 0 Å². The van der Waals surface area contributed by atoms with E-state index in [9.17, 15) is 4.79 Å². The van der Waals surface area contributed by atoms with Crippen LogP contribution in [0, 0.1) is 6.92 Å². The number of esters is 1. The number of nitrogens with zero attached hydrogens (tertiary/aromatic N) is 3. The van der Waals surface area contributed by atoms with Crippen molar-refractivity contribution in [2.45, 2.75) is 39.8 Å². The number of para-hydroxylation sites is 1. The highest BCUT2D eigenvalue weighted by molar-refractivity contribution is 7.18. The van der Waals surface area contributed by atoms with Crippen LogP contribution in [0.4, 0.5) is 0 Å². The van der Waals surface area contributed by atoms with Gasteiger partial charge in [-0.05, 0) is 25.5 Å². The van der Waals surface area contributed by atoms with E-state index in [-0.39, 0.29) is 6.61 Å². The molecule has 3 aromatic rings. The van der Waals surface area contributed by atoms with Gasteiger partial charge in [-0.3, -0.25) is 4.68 Å². The van der Waals surface area contributed by atoms with Gasteiger partial charge in [0.2, 0.25) is 0 Å². The number of benzene rings is 1. The van der Waals surface area contributed by atoms with Crippen LogP contribution in [0.3, 0.4) is 0 Å². The lowest BCUT2D eigenvalue weighted by Crippen LogP contribution is -2.07. The van der Waals surface area contributed by atoms with E-state index in [0.717, 1.165) is 28.1 Å². The van der Waals surface area contributed by atoms with Crippen LogP contribution in [0.5, 0.6) is 0 Å². The number of carbonyl (C=O) groups is 1. The fraction of sp³-hybridized carbons (Fsp3) is 0.353. The Morgan fingerprint density at radius 1 is 1.38 bits per heavy atom. The Morgan fingerprint density at radius 2 is 2.17 bits per heavy atom. The van der Waals surface area contributed by atoms with E-state index < -0.39 is 5.97 Å². The Morgan fingerprint density at radius 3 is 2.92 bits per heavy atom. The molecule has 5 nitrogen and oxygen atoms in total. The van der Waals surface area contributed by atoms with Gasteiger partial charge in [-0.2, -0.15) is 5.10 Å². The number of aryl methyl sites for hydroxylation is 2. The van der Waals surface area contributed by atoms with Crippen LogP contribution >= 0.6 is 22.9 Å². The summed E-state index contributed by atoms with van der Waals surface area (Å²) in [7, 11) is 0. The second kappa shape index (κ2) is 7.32. The molecule has 3 rings (SSSR count). The average Bonchev–Trinajstić information content (AvgIpc) is 3.11. The Labute approximate surface area is 149 Å². The van der Waals surface area contributed by atoms with Crippen LogP contribution in [-0.4, -0.2) is 20.7 Å². The van der Waals surface area contributed by atoms with Gasteiger partial charge in [-0.15, -0.1) is 11.3 Å². The van der Waals surface area contributed by atoms with Crippen molar-refractivity contribution in [1.29, 1.82) is 0 Å². The molecule has 126 valence electrons. The Hall–Kier alpha value is -1.92. The molecule has 0 radical (unpaired) electrons. The predicted molar refractivity (Wildman–Crippen MR) is 95.6 cm³/mol. The zero-order valence-corrected chi connectivity index (χ0v) is 15.2. The highest BCUT2D eigenvalue weighted by Gasteiger charge is 2.22. The molecule has 0 saturated carbocycles. The smallest absolute Gasteiger partial charge is 0.343 e. The van der Waals surface area contributed by atoms with E-state index in [4.69, 9.17) is 16.3 Å². The third-order valence-electron chi connectivity index (χ3n) is 3.66. The van der Waals surface area contributed by atoms with Crippen molar-refractivity contribution in [1.82, 2.24) is 14.8 Å².